The van der Waals surface area contributed by atoms with Gasteiger partial charge in [0.25, 0.3) is 0 Å². The van der Waals surface area contributed by atoms with E-state index in [2.05, 4.69) is 15.8 Å². The first kappa shape index (κ1) is 21.2. The van der Waals surface area contributed by atoms with Gasteiger partial charge < -0.3 is 21.1 Å². The van der Waals surface area contributed by atoms with E-state index in [0.29, 0.717) is 19.4 Å². The quantitative estimate of drug-likeness (QED) is 0.200. The van der Waals surface area contributed by atoms with Crippen molar-refractivity contribution in [3.8, 4) is 0 Å². The van der Waals surface area contributed by atoms with Crippen LogP contribution >= 0.6 is 0 Å². The fraction of sp³-hybridized carbons (Fsp3) is 0.733. The van der Waals surface area contributed by atoms with Crippen LogP contribution in [0.3, 0.4) is 0 Å². The molecular weight excluding hydrogens is 300 g/mol. The van der Waals surface area contributed by atoms with E-state index in [1.165, 1.54) is 19.4 Å². The van der Waals surface area contributed by atoms with Gasteiger partial charge in [0.1, 0.15) is 6.23 Å². The molecule has 0 aromatic rings. The first-order valence-corrected chi connectivity index (χ1v) is 7.64. The second kappa shape index (κ2) is 11.7. The lowest BCUT2D eigenvalue weighted by Gasteiger charge is -2.38. The van der Waals surface area contributed by atoms with Gasteiger partial charge in [-0.3, -0.25) is 9.59 Å². The van der Waals surface area contributed by atoms with Crippen molar-refractivity contribution in [2.45, 2.75) is 39.3 Å². The highest BCUT2D eigenvalue weighted by Gasteiger charge is 2.36. The molecule has 2 amide bonds. The number of nitroso groups, excluding NO2 is 1. The average molecular weight is 328 g/mol. The molecule has 0 radical (unpaired) electrons. The predicted molar refractivity (Wildman–Crippen MR) is 88.1 cm³/mol. The molecule has 0 aliphatic heterocycles. The number of hydrogen-bond donors (Lipinski definition) is 3. The van der Waals surface area contributed by atoms with E-state index >= 15 is 0 Å². The normalized spacial score (nSPS) is 15.2. The Morgan fingerprint density at radius 3 is 2.61 bits per heavy atom. The molecule has 2 atom stereocenters. The van der Waals surface area contributed by atoms with E-state index in [0.717, 1.165) is 12.8 Å². The number of rotatable bonds is 13. The molecule has 0 saturated carbocycles. The van der Waals surface area contributed by atoms with Crippen LogP contribution in [0.4, 0.5) is 0 Å². The van der Waals surface area contributed by atoms with Gasteiger partial charge in [-0.2, -0.15) is 4.91 Å². The number of carbonyl (C=O) groups is 2. The van der Waals surface area contributed by atoms with Crippen molar-refractivity contribution in [1.29, 1.82) is 0 Å². The van der Waals surface area contributed by atoms with Gasteiger partial charge in [-0.1, -0.05) is 19.0 Å². The number of carbonyl (C=O) groups excluding carboxylic acids is 2. The smallest absolute Gasteiger partial charge is 0.247 e. The summed E-state index contributed by atoms with van der Waals surface area (Å²) < 4.78 is 5.33. The molecule has 0 bridgehead atoms. The summed E-state index contributed by atoms with van der Waals surface area (Å²) in [6.07, 6.45) is 4.26. The third kappa shape index (κ3) is 7.85. The highest BCUT2D eigenvalue weighted by Crippen LogP contribution is 2.38. The standard InChI is InChI=1S/C15H28N4O4/c1-12(2)15(10-18-22,6-4-7-16)9-14(23-3)19-13(21)5-8-17-11-20/h5,8,11-12,14H,4,6-7,9-10,16H2,1-3H3,(H,17,20)(H,19,21)/b8-5-/t14-,15?/m0/s1. The second-order valence-electron chi connectivity index (χ2n) is 5.75. The monoisotopic (exact) mass is 328 g/mol. The number of nitrogens with zero attached hydrogens (tertiary/aromatic N) is 1. The molecule has 0 heterocycles. The Bertz CT molecular complexity index is 401. The molecular formula is C15H28N4O4. The van der Waals surface area contributed by atoms with E-state index in [9.17, 15) is 14.5 Å². The van der Waals surface area contributed by atoms with Crippen LogP contribution in [0.15, 0.2) is 17.5 Å². The van der Waals surface area contributed by atoms with Gasteiger partial charge in [0, 0.05) is 19.4 Å². The van der Waals surface area contributed by atoms with Crippen LogP contribution in [0, 0.1) is 16.2 Å². The van der Waals surface area contributed by atoms with Gasteiger partial charge in [0.2, 0.25) is 12.3 Å². The van der Waals surface area contributed by atoms with Crippen molar-refractivity contribution in [3.63, 3.8) is 0 Å². The maximum atomic E-state index is 11.8. The maximum absolute atomic E-state index is 11.8. The SMILES string of the molecule is CO[C@@H](CC(CCCN)(CN=O)C(C)C)NC(=O)/C=C\NC=O. The van der Waals surface area contributed by atoms with Gasteiger partial charge in [0.15, 0.2) is 0 Å². The summed E-state index contributed by atoms with van der Waals surface area (Å²) in [4.78, 5) is 32.8. The van der Waals surface area contributed by atoms with E-state index in [1.54, 1.807) is 0 Å². The fourth-order valence-corrected chi connectivity index (χ4v) is 2.47. The van der Waals surface area contributed by atoms with Crippen LogP contribution < -0.4 is 16.4 Å². The zero-order valence-electron chi connectivity index (χ0n) is 14.1. The number of methoxy groups -OCH3 is 1. The van der Waals surface area contributed by atoms with E-state index < -0.39 is 12.1 Å². The van der Waals surface area contributed by atoms with Crippen LogP contribution in [-0.4, -0.2) is 38.7 Å². The van der Waals surface area contributed by atoms with E-state index in [4.69, 9.17) is 10.5 Å². The van der Waals surface area contributed by atoms with Gasteiger partial charge in [-0.15, -0.1) is 0 Å². The Hall–Kier alpha value is -1.80. The summed E-state index contributed by atoms with van der Waals surface area (Å²) in [6, 6.07) is 0. The number of ether oxygens (including phenoxy) is 1. The van der Waals surface area contributed by atoms with Crippen LogP contribution in [-0.2, 0) is 14.3 Å². The zero-order chi connectivity index (χ0) is 17.7. The zero-order valence-corrected chi connectivity index (χ0v) is 14.1. The number of nitrogens with two attached hydrogens (primary N) is 1. The minimum atomic E-state index is -0.565. The predicted octanol–water partition coefficient (Wildman–Crippen LogP) is 0.873. The van der Waals surface area contributed by atoms with E-state index in [1.807, 2.05) is 13.8 Å². The summed E-state index contributed by atoms with van der Waals surface area (Å²) in [7, 11) is 1.49. The second-order valence-corrected chi connectivity index (χ2v) is 5.75. The fourth-order valence-electron chi connectivity index (χ4n) is 2.47. The molecule has 23 heavy (non-hydrogen) atoms. The molecule has 0 spiro atoms. The minimum absolute atomic E-state index is 0.142. The Kier molecular flexibility index (Phi) is 10.8. The molecule has 0 aliphatic rings. The number of amides is 2. The molecule has 0 fully saturated rings. The van der Waals surface area contributed by atoms with Gasteiger partial charge in [-0.05, 0) is 37.1 Å². The third-order valence-electron chi connectivity index (χ3n) is 4.06. The van der Waals surface area contributed by atoms with Crippen LogP contribution in [0.25, 0.3) is 0 Å². The summed E-state index contributed by atoms with van der Waals surface area (Å²) in [5.74, 6) is -0.227. The first-order chi connectivity index (χ1) is 11.0. The molecule has 8 nitrogen and oxygen atoms in total. The molecule has 8 heteroatoms. The molecule has 4 N–H and O–H groups in total. The largest absolute Gasteiger partial charge is 0.362 e. The van der Waals surface area contributed by atoms with Crippen molar-refractivity contribution in [3.05, 3.63) is 17.2 Å². The van der Waals surface area contributed by atoms with Gasteiger partial charge >= 0.3 is 0 Å². The molecule has 132 valence electrons. The van der Waals surface area contributed by atoms with Gasteiger partial charge in [-0.25, -0.2) is 0 Å². The van der Waals surface area contributed by atoms with Crippen molar-refractivity contribution in [2.24, 2.45) is 22.2 Å². The summed E-state index contributed by atoms with van der Waals surface area (Å²) in [5.41, 5.74) is 5.20. The molecule has 1 unspecified atom stereocenters. The topological polar surface area (TPSA) is 123 Å². The lowest BCUT2D eigenvalue weighted by atomic mass is 9.70. The third-order valence-corrected chi connectivity index (χ3v) is 4.06. The first-order valence-electron chi connectivity index (χ1n) is 7.64. The summed E-state index contributed by atoms with van der Waals surface area (Å²) in [6.45, 7) is 4.70. The average Bonchev–Trinajstić information content (AvgIpc) is 2.52. The molecule has 0 aromatic heterocycles. The van der Waals surface area contributed by atoms with E-state index in [-0.39, 0.29) is 17.9 Å². The van der Waals surface area contributed by atoms with Crippen LogP contribution in [0.1, 0.15) is 33.1 Å². The lowest BCUT2D eigenvalue weighted by molar-refractivity contribution is -0.121. The number of nitrogens with one attached hydrogen (secondary N) is 2. The Morgan fingerprint density at radius 2 is 2.13 bits per heavy atom. The Morgan fingerprint density at radius 1 is 1.43 bits per heavy atom. The highest BCUT2D eigenvalue weighted by molar-refractivity contribution is 5.87. The molecule has 0 aliphatic carbocycles. The molecule has 0 rings (SSSR count). The van der Waals surface area contributed by atoms with Crippen LogP contribution in [0.2, 0.25) is 0 Å². The number of hydrogen-bond acceptors (Lipinski definition) is 6. The van der Waals surface area contributed by atoms with Gasteiger partial charge in [0.05, 0.1) is 6.54 Å². The van der Waals surface area contributed by atoms with Crippen molar-refractivity contribution >= 4 is 12.3 Å². The highest BCUT2D eigenvalue weighted by atomic mass is 16.5. The molecule has 0 saturated heterocycles. The summed E-state index contributed by atoms with van der Waals surface area (Å²) >= 11 is 0. The van der Waals surface area contributed by atoms with Crippen LogP contribution in [0.5, 0.6) is 0 Å². The Balaban J connectivity index is 4.98. The minimum Gasteiger partial charge on any atom is -0.362 e. The van der Waals surface area contributed by atoms with Crippen molar-refractivity contribution < 1.29 is 14.3 Å². The molecule has 0 aromatic carbocycles. The Labute approximate surface area is 137 Å². The lowest BCUT2D eigenvalue weighted by Crippen LogP contribution is -2.43. The maximum Gasteiger partial charge on any atom is 0.247 e. The van der Waals surface area contributed by atoms with Crippen molar-refractivity contribution in [1.82, 2.24) is 10.6 Å². The van der Waals surface area contributed by atoms with Crippen molar-refractivity contribution in [2.75, 3.05) is 20.2 Å². The summed E-state index contributed by atoms with van der Waals surface area (Å²) in [5, 5.41) is 8.03.